The van der Waals surface area contributed by atoms with E-state index < -0.39 is 0 Å². The van der Waals surface area contributed by atoms with Crippen molar-refractivity contribution in [3.63, 3.8) is 0 Å². The number of likely N-dealkylation sites (tertiary alicyclic amines) is 1. The molecule has 0 bridgehead atoms. The van der Waals surface area contributed by atoms with Crippen LogP contribution < -0.4 is 4.90 Å². The lowest BCUT2D eigenvalue weighted by Crippen LogP contribution is -2.53. The highest BCUT2D eigenvalue weighted by Gasteiger charge is 2.39. The summed E-state index contributed by atoms with van der Waals surface area (Å²) >= 11 is 0. The molecule has 2 heterocycles. The molecule has 3 fully saturated rings. The maximum atomic E-state index is 13.1. The van der Waals surface area contributed by atoms with E-state index in [0.29, 0.717) is 24.3 Å². The second-order valence-electron chi connectivity index (χ2n) is 8.00. The summed E-state index contributed by atoms with van der Waals surface area (Å²) in [5.41, 5.74) is 1.68. The molecule has 4 heteroatoms. The van der Waals surface area contributed by atoms with Crippen molar-refractivity contribution in [3.05, 3.63) is 29.8 Å². The van der Waals surface area contributed by atoms with Gasteiger partial charge in [-0.15, -0.1) is 0 Å². The Morgan fingerprint density at radius 3 is 2.48 bits per heavy atom. The lowest BCUT2D eigenvalue weighted by Gasteiger charge is -2.47. The molecule has 1 aromatic rings. The molecule has 2 aliphatic heterocycles. The van der Waals surface area contributed by atoms with E-state index in [1.54, 1.807) is 0 Å². The number of carbonyl (C=O) groups excluding carboxylic acids is 2. The summed E-state index contributed by atoms with van der Waals surface area (Å²) in [7, 11) is 0. The lowest BCUT2D eigenvalue weighted by molar-refractivity contribution is -0.117. The number of anilines is 1. The second kappa shape index (κ2) is 6.81. The Balaban J connectivity index is 1.52. The van der Waals surface area contributed by atoms with Gasteiger partial charge in [0.25, 0.3) is 5.91 Å². The van der Waals surface area contributed by atoms with Crippen LogP contribution in [-0.4, -0.2) is 35.8 Å². The van der Waals surface area contributed by atoms with Gasteiger partial charge < -0.3 is 9.80 Å². The van der Waals surface area contributed by atoms with E-state index in [1.807, 2.05) is 29.2 Å². The number of benzene rings is 1. The van der Waals surface area contributed by atoms with Crippen molar-refractivity contribution in [2.24, 2.45) is 11.8 Å². The first-order chi connectivity index (χ1) is 12.1. The summed E-state index contributed by atoms with van der Waals surface area (Å²) in [5, 5.41) is 0. The maximum Gasteiger partial charge on any atom is 0.254 e. The van der Waals surface area contributed by atoms with Gasteiger partial charge in [-0.2, -0.15) is 0 Å². The summed E-state index contributed by atoms with van der Waals surface area (Å²) < 4.78 is 0. The summed E-state index contributed by atoms with van der Waals surface area (Å²) in [4.78, 5) is 29.0. The third kappa shape index (κ3) is 3.07. The van der Waals surface area contributed by atoms with Crippen molar-refractivity contribution in [3.8, 4) is 0 Å². The molecule has 1 aromatic carbocycles. The molecular formula is C21H28N2O2. The first-order valence-corrected chi connectivity index (χ1v) is 9.86. The van der Waals surface area contributed by atoms with Gasteiger partial charge in [0.2, 0.25) is 5.91 Å². The van der Waals surface area contributed by atoms with Crippen LogP contribution in [-0.2, 0) is 4.79 Å². The fraction of sp³-hybridized carbons (Fsp3) is 0.619. The van der Waals surface area contributed by atoms with Gasteiger partial charge in [-0.3, -0.25) is 9.59 Å². The molecule has 25 heavy (non-hydrogen) atoms. The van der Waals surface area contributed by atoms with Crippen LogP contribution >= 0.6 is 0 Å². The van der Waals surface area contributed by atoms with Crippen LogP contribution in [0.15, 0.2) is 24.3 Å². The van der Waals surface area contributed by atoms with Crippen molar-refractivity contribution in [1.82, 2.24) is 4.90 Å². The van der Waals surface area contributed by atoms with Gasteiger partial charge in [-0.1, -0.05) is 13.3 Å². The zero-order valence-electron chi connectivity index (χ0n) is 15.1. The fourth-order valence-corrected chi connectivity index (χ4v) is 5.17. The number of carbonyl (C=O) groups is 2. The monoisotopic (exact) mass is 340 g/mol. The Hall–Kier alpha value is -1.84. The third-order valence-electron chi connectivity index (χ3n) is 6.39. The van der Waals surface area contributed by atoms with Crippen LogP contribution in [0.5, 0.6) is 0 Å². The fourth-order valence-electron chi connectivity index (χ4n) is 5.17. The van der Waals surface area contributed by atoms with Gasteiger partial charge in [-0.05, 0) is 68.2 Å². The normalized spacial score (nSPS) is 29.6. The van der Waals surface area contributed by atoms with Crippen molar-refractivity contribution in [1.29, 1.82) is 0 Å². The molecule has 0 radical (unpaired) electrons. The average Bonchev–Trinajstić information content (AvgIpc) is 3.07. The number of amides is 2. The molecule has 2 saturated heterocycles. The smallest absolute Gasteiger partial charge is 0.254 e. The first-order valence-electron chi connectivity index (χ1n) is 9.86. The van der Waals surface area contributed by atoms with Gasteiger partial charge in [0.05, 0.1) is 0 Å². The maximum absolute atomic E-state index is 13.1. The largest absolute Gasteiger partial charge is 0.335 e. The minimum atomic E-state index is 0.169. The number of hydrogen-bond donors (Lipinski definition) is 0. The number of hydrogen-bond acceptors (Lipinski definition) is 2. The quantitative estimate of drug-likeness (QED) is 0.820. The summed E-state index contributed by atoms with van der Waals surface area (Å²) in [6, 6.07) is 8.08. The standard InChI is InChI=1S/C21H28N2O2/c1-15-5-2-6-16-7-3-14-23(20(15)16)21(25)17-9-11-18(12-10-17)22-13-4-8-19(22)24/h9-12,15-16,20H,2-8,13-14H2,1H3. The molecule has 1 aliphatic carbocycles. The van der Waals surface area contributed by atoms with Crippen LogP contribution in [0.25, 0.3) is 0 Å². The molecule has 0 aromatic heterocycles. The zero-order chi connectivity index (χ0) is 17.4. The average molecular weight is 340 g/mol. The van der Waals surface area contributed by atoms with Crippen molar-refractivity contribution in [2.75, 3.05) is 18.0 Å². The van der Waals surface area contributed by atoms with Crippen LogP contribution in [0.4, 0.5) is 5.69 Å². The molecule has 3 atom stereocenters. The van der Waals surface area contributed by atoms with Crippen LogP contribution in [0.3, 0.4) is 0 Å². The molecule has 4 nitrogen and oxygen atoms in total. The summed E-state index contributed by atoms with van der Waals surface area (Å²) in [5.74, 6) is 1.64. The van der Waals surface area contributed by atoms with E-state index >= 15 is 0 Å². The molecule has 0 N–H and O–H groups in total. The Kier molecular flexibility index (Phi) is 4.53. The van der Waals surface area contributed by atoms with Gasteiger partial charge in [0, 0.05) is 36.8 Å². The SMILES string of the molecule is CC1CCCC2CCCN(C(=O)c3ccc(N4CCCC4=O)cc3)C12. The first kappa shape index (κ1) is 16.6. The Bertz CT molecular complexity index is 652. The van der Waals surface area contributed by atoms with Crippen LogP contribution in [0, 0.1) is 11.8 Å². The van der Waals surface area contributed by atoms with Gasteiger partial charge in [-0.25, -0.2) is 0 Å². The summed E-state index contributed by atoms with van der Waals surface area (Å²) in [6.07, 6.45) is 7.77. The van der Waals surface area contributed by atoms with Crippen molar-refractivity contribution in [2.45, 2.75) is 57.9 Å². The highest BCUT2D eigenvalue weighted by Crippen LogP contribution is 2.39. The van der Waals surface area contributed by atoms with Gasteiger partial charge >= 0.3 is 0 Å². The van der Waals surface area contributed by atoms with E-state index in [1.165, 1.54) is 25.7 Å². The van der Waals surface area contributed by atoms with Crippen LogP contribution in [0.1, 0.15) is 62.2 Å². The minimum Gasteiger partial charge on any atom is -0.335 e. The minimum absolute atomic E-state index is 0.169. The molecule has 3 unspecified atom stereocenters. The van der Waals surface area contributed by atoms with Gasteiger partial charge in [0.1, 0.15) is 0 Å². The molecule has 1 saturated carbocycles. The van der Waals surface area contributed by atoms with E-state index in [4.69, 9.17) is 0 Å². The van der Waals surface area contributed by atoms with Crippen molar-refractivity contribution < 1.29 is 9.59 Å². The Morgan fingerprint density at radius 1 is 1.00 bits per heavy atom. The number of piperidine rings is 1. The molecule has 2 amide bonds. The molecule has 134 valence electrons. The van der Waals surface area contributed by atoms with E-state index in [2.05, 4.69) is 11.8 Å². The molecule has 3 aliphatic rings. The Labute approximate surface area is 150 Å². The van der Waals surface area contributed by atoms with Gasteiger partial charge in [0.15, 0.2) is 0 Å². The third-order valence-corrected chi connectivity index (χ3v) is 6.39. The highest BCUT2D eigenvalue weighted by molar-refractivity contribution is 5.97. The van der Waals surface area contributed by atoms with E-state index in [9.17, 15) is 9.59 Å². The van der Waals surface area contributed by atoms with Crippen LogP contribution in [0.2, 0.25) is 0 Å². The number of rotatable bonds is 2. The van der Waals surface area contributed by atoms with E-state index in [0.717, 1.165) is 37.2 Å². The molecular weight excluding hydrogens is 312 g/mol. The highest BCUT2D eigenvalue weighted by atomic mass is 16.2. The van der Waals surface area contributed by atoms with E-state index in [-0.39, 0.29) is 11.8 Å². The molecule has 4 rings (SSSR count). The number of fused-ring (bicyclic) bond motifs is 1. The lowest BCUT2D eigenvalue weighted by atomic mass is 9.73. The topological polar surface area (TPSA) is 40.6 Å². The predicted octanol–water partition coefficient (Wildman–Crippen LogP) is 3.85. The Morgan fingerprint density at radius 2 is 1.76 bits per heavy atom. The van der Waals surface area contributed by atoms with Crippen molar-refractivity contribution >= 4 is 17.5 Å². The molecule has 0 spiro atoms. The summed E-state index contributed by atoms with van der Waals surface area (Å²) in [6.45, 7) is 3.99. The zero-order valence-corrected chi connectivity index (χ0v) is 15.1. The number of nitrogens with zero attached hydrogens (tertiary/aromatic N) is 2. The second-order valence-corrected chi connectivity index (χ2v) is 8.00. The predicted molar refractivity (Wildman–Crippen MR) is 98.6 cm³/mol.